The van der Waals surface area contributed by atoms with Crippen LogP contribution in [0.2, 0.25) is 0 Å². The zero-order valence-electron chi connectivity index (χ0n) is 11.3. The van der Waals surface area contributed by atoms with Crippen LogP contribution in [0.1, 0.15) is 22.9 Å². The Balaban J connectivity index is 2.25. The quantitative estimate of drug-likeness (QED) is 0.664. The monoisotopic (exact) mass is 330 g/mol. The second kappa shape index (κ2) is 5.29. The minimum Gasteiger partial charge on any atom is -0.277 e. The molecule has 0 aliphatic heterocycles. The normalized spacial score (nSPS) is 13.5. The Hall–Kier alpha value is -2.51. The van der Waals surface area contributed by atoms with Crippen LogP contribution in [0.15, 0.2) is 36.5 Å². The lowest BCUT2D eigenvalue weighted by atomic mass is 9.95. The molecule has 1 N–H and O–H groups in total. The van der Waals surface area contributed by atoms with Crippen molar-refractivity contribution in [3.63, 3.8) is 0 Å². The molecule has 120 valence electrons. The first-order chi connectivity index (χ1) is 10.8. The van der Waals surface area contributed by atoms with Gasteiger partial charge in [-0.25, -0.2) is 13.2 Å². The van der Waals surface area contributed by atoms with E-state index in [2.05, 4.69) is 10.2 Å². The molecule has 0 radical (unpaired) electrons. The molecule has 3 rings (SSSR count). The largest absolute Gasteiger partial charge is 0.418 e. The highest BCUT2D eigenvalue weighted by Gasteiger charge is 2.39. The predicted molar refractivity (Wildman–Crippen MR) is 70.4 cm³/mol. The van der Waals surface area contributed by atoms with Crippen LogP contribution in [-0.4, -0.2) is 10.2 Å². The van der Waals surface area contributed by atoms with Gasteiger partial charge in [-0.1, -0.05) is 24.3 Å². The molecular weight excluding hydrogens is 322 g/mol. The topological polar surface area (TPSA) is 28.7 Å². The number of nitrogens with one attached hydrogen (secondary N) is 1. The Kier molecular flexibility index (Phi) is 3.54. The zero-order valence-corrected chi connectivity index (χ0v) is 11.3. The maximum atomic E-state index is 14.6. The zero-order chi connectivity index (χ0) is 16.8. The van der Waals surface area contributed by atoms with Crippen LogP contribution in [0, 0.1) is 11.6 Å². The number of alkyl halides is 4. The van der Waals surface area contributed by atoms with Gasteiger partial charge in [-0.05, 0) is 6.07 Å². The summed E-state index contributed by atoms with van der Waals surface area (Å²) >= 11 is 0. The van der Waals surface area contributed by atoms with Gasteiger partial charge in [0.15, 0.2) is 17.8 Å². The van der Waals surface area contributed by atoms with Crippen LogP contribution in [-0.2, 0) is 6.18 Å². The van der Waals surface area contributed by atoms with E-state index in [1.54, 1.807) is 0 Å². The number of hydrogen-bond acceptors (Lipinski definition) is 1. The van der Waals surface area contributed by atoms with E-state index in [9.17, 15) is 26.3 Å². The van der Waals surface area contributed by atoms with Crippen LogP contribution >= 0.6 is 0 Å². The Morgan fingerprint density at radius 1 is 1.00 bits per heavy atom. The summed E-state index contributed by atoms with van der Waals surface area (Å²) in [7, 11) is 0. The average Bonchev–Trinajstić information content (AvgIpc) is 2.95. The van der Waals surface area contributed by atoms with Crippen molar-refractivity contribution in [3.05, 3.63) is 64.9 Å². The van der Waals surface area contributed by atoms with Gasteiger partial charge in [0.25, 0.3) is 0 Å². The molecule has 0 bridgehead atoms. The first-order valence-electron chi connectivity index (χ1n) is 6.42. The van der Waals surface area contributed by atoms with Crippen molar-refractivity contribution in [2.75, 3.05) is 0 Å². The van der Waals surface area contributed by atoms with E-state index in [1.807, 2.05) is 0 Å². The van der Waals surface area contributed by atoms with Gasteiger partial charge in [0.2, 0.25) is 0 Å². The van der Waals surface area contributed by atoms with Gasteiger partial charge in [0.1, 0.15) is 0 Å². The maximum absolute atomic E-state index is 14.6. The number of rotatable bonds is 2. The van der Waals surface area contributed by atoms with Gasteiger partial charge >= 0.3 is 6.18 Å². The van der Waals surface area contributed by atoms with Crippen LogP contribution < -0.4 is 0 Å². The molecule has 0 saturated heterocycles. The molecule has 8 heteroatoms. The number of hydrogen-bond donors (Lipinski definition) is 1. The molecule has 0 fully saturated rings. The van der Waals surface area contributed by atoms with E-state index < -0.39 is 46.2 Å². The van der Waals surface area contributed by atoms with Crippen molar-refractivity contribution in [3.8, 4) is 0 Å². The summed E-state index contributed by atoms with van der Waals surface area (Å²) in [5.41, 5.74) is -3.30. The van der Waals surface area contributed by atoms with E-state index in [1.165, 1.54) is 6.07 Å². The third kappa shape index (κ3) is 2.54. The fraction of sp³-hybridized carbons (Fsp3) is 0.133. The van der Waals surface area contributed by atoms with Crippen molar-refractivity contribution >= 4 is 10.9 Å². The van der Waals surface area contributed by atoms with Gasteiger partial charge in [-0.15, -0.1) is 0 Å². The predicted octanol–water partition coefficient (Wildman–Crippen LogP) is 4.92. The minimum atomic E-state index is -4.89. The average molecular weight is 330 g/mol. The number of benzene rings is 2. The van der Waals surface area contributed by atoms with Crippen LogP contribution in [0.4, 0.5) is 26.3 Å². The SMILES string of the molecule is Fc1cccc(C(F)c2ccc3cn[nH]c3c2C(F)(F)F)c1F. The van der Waals surface area contributed by atoms with E-state index >= 15 is 0 Å². The summed E-state index contributed by atoms with van der Waals surface area (Å²) < 4.78 is 81.5. The molecule has 1 heterocycles. The van der Waals surface area contributed by atoms with Crippen LogP contribution in [0.5, 0.6) is 0 Å². The molecule has 1 atom stereocenters. The summed E-state index contributed by atoms with van der Waals surface area (Å²) in [5, 5.41) is 5.79. The Morgan fingerprint density at radius 2 is 1.74 bits per heavy atom. The Bertz CT molecular complexity index is 868. The number of aromatic amines is 1. The van der Waals surface area contributed by atoms with Crippen molar-refractivity contribution < 1.29 is 26.3 Å². The third-order valence-electron chi connectivity index (χ3n) is 3.46. The van der Waals surface area contributed by atoms with Crippen LogP contribution in [0.25, 0.3) is 10.9 Å². The number of H-pyrrole nitrogens is 1. The smallest absolute Gasteiger partial charge is 0.277 e. The molecule has 2 aromatic carbocycles. The van der Waals surface area contributed by atoms with Gasteiger partial charge in [0, 0.05) is 16.5 Å². The van der Waals surface area contributed by atoms with Gasteiger partial charge in [-0.3, -0.25) is 5.10 Å². The fourth-order valence-electron chi connectivity index (χ4n) is 2.43. The number of aromatic nitrogens is 2. The van der Waals surface area contributed by atoms with Crippen molar-refractivity contribution in [1.29, 1.82) is 0 Å². The summed E-state index contributed by atoms with van der Waals surface area (Å²) in [6.45, 7) is 0. The minimum absolute atomic E-state index is 0.132. The third-order valence-corrected chi connectivity index (χ3v) is 3.46. The lowest BCUT2D eigenvalue weighted by Gasteiger charge is -2.17. The van der Waals surface area contributed by atoms with Gasteiger partial charge in [0.05, 0.1) is 17.3 Å². The molecule has 0 aliphatic carbocycles. The lowest BCUT2D eigenvalue weighted by Crippen LogP contribution is -2.13. The second-order valence-corrected chi connectivity index (χ2v) is 4.87. The highest BCUT2D eigenvalue weighted by Crippen LogP contribution is 2.42. The molecule has 23 heavy (non-hydrogen) atoms. The molecule has 1 unspecified atom stereocenters. The van der Waals surface area contributed by atoms with E-state index in [0.29, 0.717) is 0 Å². The number of fused-ring (bicyclic) bond motifs is 1. The van der Waals surface area contributed by atoms with Crippen molar-refractivity contribution in [1.82, 2.24) is 10.2 Å². The standard InChI is InChI=1S/C15H8F6N2/c16-10-3-1-2-9(13(10)18)12(17)8-5-4-7-6-22-23-14(7)11(8)15(19,20)21/h1-6,12H,(H,22,23). The van der Waals surface area contributed by atoms with Crippen LogP contribution in [0.3, 0.4) is 0 Å². The van der Waals surface area contributed by atoms with E-state index in [0.717, 1.165) is 30.5 Å². The summed E-state index contributed by atoms with van der Waals surface area (Å²) in [6, 6.07) is 4.82. The number of nitrogens with zero attached hydrogens (tertiary/aromatic N) is 1. The molecule has 1 aromatic heterocycles. The Labute approximate surface area is 125 Å². The Morgan fingerprint density at radius 3 is 2.43 bits per heavy atom. The van der Waals surface area contributed by atoms with Crippen molar-refractivity contribution in [2.24, 2.45) is 0 Å². The first-order valence-corrected chi connectivity index (χ1v) is 6.42. The molecular formula is C15H8F6N2. The lowest BCUT2D eigenvalue weighted by molar-refractivity contribution is -0.137. The maximum Gasteiger partial charge on any atom is 0.418 e. The molecule has 0 amide bonds. The highest BCUT2D eigenvalue weighted by molar-refractivity contribution is 5.83. The molecule has 0 saturated carbocycles. The van der Waals surface area contributed by atoms with E-state index in [4.69, 9.17) is 0 Å². The van der Waals surface area contributed by atoms with E-state index in [-0.39, 0.29) is 5.39 Å². The molecule has 0 spiro atoms. The number of halogens is 6. The summed E-state index contributed by atoms with van der Waals surface area (Å²) in [6.07, 6.45) is -6.21. The highest BCUT2D eigenvalue weighted by atomic mass is 19.4. The molecule has 0 aliphatic rings. The first kappa shape index (κ1) is 15.4. The molecule has 3 aromatic rings. The fourth-order valence-corrected chi connectivity index (χ4v) is 2.43. The summed E-state index contributed by atoms with van der Waals surface area (Å²) in [4.78, 5) is 0. The van der Waals surface area contributed by atoms with Gasteiger partial charge < -0.3 is 0 Å². The van der Waals surface area contributed by atoms with Crippen molar-refractivity contribution in [2.45, 2.75) is 12.3 Å². The molecule has 2 nitrogen and oxygen atoms in total. The second-order valence-electron chi connectivity index (χ2n) is 4.87. The summed E-state index contributed by atoms with van der Waals surface area (Å²) in [5.74, 6) is -2.85. The van der Waals surface area contributed by atoms with Gasteiger partial charge in [-0.2, -0.15) is 18.3 Å².